The summed E-state index contributed by atoms with van der Waals surface area (Å²) in [4.78, 5) is 12.4. The topological polar surface area (TPSA) is 66.8 Å². The van der Waals surface area contributed by atoms with Crippen LogP contribution in [0.15, 0.2) is 91.0 Å². The lowest BCUT2D eigenvalue weighted by Gasteiger charge is -2.36. The molecule has 4 heteroatoms. The molecule has 1 unspecified atom stereocenters. The fourth-order valence-corrected chi connectivity index (χ4v) is 3.70. The summed E-state index contributed by atoms with van der Waals surface area (Å²) in [6.45, 7) is -0.639. The molecule has 1 atom stereocenters. The van der Waals surface area contributed by atoms with E-state index in [9.17, 15) is 9.90 Å². The molecule has 2 N–H and O–H groups in total. The highest BCUT2D eigenvalue weighted by Crippen LogP contribution is 2.43. The first kappa shape index (κ1) is 20.8. The first-order valence-corrected chi connectivity index (χ1v) is 9.78. The Hall–Kier alpha value is -2.95. The Morgan fingerprint density at radius 2 is 1.21 bits per heavy atom. The molecule has 3 rings (SSSR count). The zero-order valence-corrected chi connectivity index (χ0v) is 16.3. The van der Waals surface area contributed by atoms with Crippen LogP contribution in [0.5, 0.6) is 0 Å². The van der Waals surface area contributed by atoms with Crippen molar-refractivity contribution in [1.82, 2.24) is 0 Å². The van der Waals surface area contributed by atoms with Crippen LogP contribution in [0.3, 0.4) is 0 Å². The Morgan fingerprint density at radius 3 is 1.59 bits per heavy atom. The molecule has 0 aliphatic heterocycles. The van der Waals surface area contributed by atoms with E-state index in [2.05, 4.69) is 36.4 Å². The molecule has 0 saturated heterocycles. The number of hydrogen-bond donors (Lipinski definition) is 2. The third-order valence-electron chi connectivity index (χ3n) is 5.15. The number of rotatable bonds is 9. The molecule has 0 radical (unpaired) electrons. The van der Waals surface area contributed by atoms with Crippen LogP contribution in [0, 0.1) is 0 Å². The maximum absolute atomic E-state index is 12.4. The third-order valence-corrected chi connectivity index (χ3v) is 5.15. The van der Waals surface area contributed by atoms with Crippen LogP contribution in [-0.4, -0.2) is 35.5 Å². The molecule has 0 aliphatic rings. The van der Waals surface area contributed by atoms with E-state index in [0.29, 0.717) is 6.42 Å². The van der Waals surface area contributed by atoms with E-state index in [0.717, 1.165) is 16.7 Å². The Labute approximate surface area is 171 Å². The Bertz CT molecular complexity index is 782. The number of carbonyl (C=O) groups is 1. The average molecular weight is 390 g/mol. The molecule has 0 fully saturated rings. The van der Waals surface area contributed by atoms with Crippen molar-refractivity contribution in [3.63, 3.8) is 0 Å². The Kier molecular flexibility index (Phi) is 7.17. The fourth-order valence-electron chi connectivity index (χ4n) is 3.70. The van der Waals surface area contributed by atoms with Crippen LogP contribution in [0.4, 0.5) is 0 Å². The summed E-state index contributed by atoms with van der Waals surface area (Å²) in [5, 5.41) is 18.4. The number of carbonyl (C=O) groups excluding carboxylic acids is 1. The fraction of sp³-hybridized carbons (Fsp3) is 0.240. The van der Waals surface area contributed by atoms with Gasteiger partial charge < -0.3 is 14.9 Å². The maximum Gasteiger partial charge on any atom is 0.305 e. The molecule has 0 heterocycles. The van der Waals surface area contributed by atoms with Crippen LogP contribution in [0.2, 0.25) is 0 Å². The van der Waals surface area contributed by atoms with Crippen molar-refractivity contribution in [1.29, 1.82) is 0 Å². The van der Waals surface area contributed by atoms with Gasteiger partial charge in [-0.1, -0.05) is 91.0 Å². The molecule has 4 nitrogen and oxygen atoms in total. The molecule has 0 spiro atoms. The van der Waals surface area contributed by atoms with Gasteiger partial charge in [-0.05, 0) is 23.1 Å². The first-order valence-electron chi connectivity index (χ1n) is 9.78. The van der Waals surface area contributed by atoms with Gasteiger partial charge in [0.1, 0.15) is 12.7 Å². The van der Waals surface area contributed by atoms with Gasteiger partial charge in [0.15, 0.2) is 0 Å². The van der Waals surface area contributed by atoms with Crippen molar-refractivity contribution < 1.29 is 19.7 Å². The van der Waals surface area contributed by atoms with E-state index in [1.165, 1.54) is 0 Å². The standard InChI is InChI=1S/C25H26O4/c26-18-23(27)19-29-24(28)16-17-25(20-10-4-1-5-11-20,21-12-6-2-7-13-21)22-14-8-3-9-15-22/h1-15,23,26-27H,16-19H2. The summed E-state index contributed by atoms with van der Waals surface area (Å²) >= 11 is 0. The van der Waals surface area contributed by atoms with Crippen LogP contribution in [0.25, 0.3) is 0 Å². The molecule has 29 heavy (non-hydrogen) atoms. The zero-order chi connectivity index (χ0) is 20.5. The summed E-state index contributed by atoms with van der Waals surface area (Å²) in [7, 11) is 0. The lowest BCUT2D eigenvalue weighted by atomic mass is 9.67. The molecule has 0 aliphatic carbocycles. The minimum absolute atomic E-state index is 0.177. The predicted octanol–water partition coefficient (Wildman–Crippen LogP) is 3.70. The van der Waals surface area contributed by atoms with E-state index in [-0.39, 0.29) is 13.0 Å². The van der Waals surface area contributed by atoms with E-state index < -0.39 is 24.1 Å². The van der Waals surface area contributed by atoms with E-state index >= 15 is 0 Å². The van der Waals surface area contributed by atoms with Gasteiger partial charge in [-0.25, -0.2) is 0 Å². The molecular formula is C25H26O4. The van der Waals surface area contributed by atoms with Crippen LogP contribution >= 0.6 is 0 Å². The van der Waals surface area contributed by atoms with Crippen molar-refractivity contribution >= 4 is 5.97 Å². The molecule has 3 aromatic carbocycles. The Morgan fingerprint density at radius 1 is 0.793 bits per heavy atom. The summed E-state index contributed by atoms with van der Waals surface area (Å²) in [5.41, 5.74) is 2.78. The third kappa shape index (κ3) is 4.91. The normalized spacial score (nSPS) is 12.3. The Balaban J connectivity index is 2.00. The highest BCUT2D eigenvalue weighted by molar-refractivity contribution is 5.70. The summed E-state index contributed by atoms with van der Waals surface area (Å²) in [6.07, 6.45) is -0.364. The lowest BCUT2D eigenvalue weighted by molar-refractivity contribution is -0.147. The second-order valence-electron chi connectivity index (χ2n) is 7.02. The van der Waals surface area contributed by atoms with Crippen molar-refractivity contribution in [3.8, 4) is 0 Å². The second kappa shape index (κ2) is 10.0. The molecule has 3 aromatic rings. The van der Waals surface area contributed by atoms with E-state index in [1.54, 1.807) is 0 Å². The minimum atomic E-state index is -1.05. The molecule has 0 aromatic heterocycles. The lowest BCUT2D eigenvalue weighted by Crippen LogP contribution is -2.31. The van der Waals surface area contributed by atoms with Gasteiger partial charge in [-0.2, -0.15) is 0 Å². The number of hydrogen-bond acceptors (Lipinski definition) is 4. The van der Waals surface area contributed by atoms with Crippen LogP contribution in [0.1, 0.15) is 29.5 Å². The number of aliphatic hydroxyl groups is 2. The van der Waals surface area contributed by atoms with Crippen LogP contribution < -0.4 is 0 Å². The molecular weight excluding hydrogens is 364 g/mol. The predicted molar refractivity (Wildman–Crippen MR) is 112 cm³/mol. The van der Waals surface area contributed by atoms with Gasteiger partial charge in [0.2, 0.25) is 0 Å². The SMILES string of the molecule is O=C(CCC(c1ccccc1)(c1ccccc1)c1ccccc1)OCC(O)CO. The number of benzene rings is 3. The molecule has 0 amide bonds. The summed E-state index contributed by atoms with van der Waals surface area (Å²) in [6, 6.07) is 30.5. The van der Waals surface area contributed by atoms with Gasteiger partial charge in [0.25, 0.3) is 0 Å². The van der Waals surface area contributed by atoms with Crippen molar-refractivity contribution in [2.45, 2.75) is 24.4 Å². The summed E-state index contributed by atoms with van der Waals surface area (Å²) < 4.78 is 5.15. The van der Waals surface area contributed by atoms with Crippen molar-refractivity contribution in [2.24, 2.45) is 0 Å². The quantitative estimate of drug-likeness (QED) is 0.432. The highest BCUT2D eigenvalue weighted by atomic mass is 16.5. The largest absolute Gasteiger partial charge is 0.463 e. The first-order chi connectivity index (χ1) is 14.2. The van der Waals surface area contributed by atoms with Gasteiger partial charge in [0.05, 0.1) is 6.61 Å². The van der Waals surface area contributed by atoms with Gasteiger partial charge in [-0.3, -0.25) is 4.79 Å². The highest BCUT2D eigenvalue weighted by Gasteiger charge is 2.36. The van der Waals surface area contributed by atoms with Crippen molar-refractivity contribution in [2.75, 3.05) is 13.2 Å². The maximum atomic E-state index is 12.4. The number of esters is 1. The van der Waals surface area contributed by atoms with E-state index in [1.807, 2.05) is 54.6 Å². The van der Waals surface area contributed by atoms with Crippen molar-refractivity contribution in [3.05, 3.63) is 108 Å². The van der Waals surface area contributed by atoms with Gasteiger partial charge in [-0.15, -0.1) is 0 Å². The van der Waals surface area contributed by atoms with Gasteiger partial charge >= 0.3 is 5.97 Å². The van der Waals surface area contributed by atoms with Crippen LogP contribution in [-0.2, 0) is 14.9 Å². The molecule has 150 valence electrons. The summed E-state index contributed by atoms with van der Waals surface area (Å²) in [5.74, 6) is -0.398. The molecule has 0 saturated carbocycles. The number of ether oxygens (including phenoxy) is 1. The molecule has 0 bridgehead atoms. The smallest absolute Gasteiger partial charge is 0.305 e. The minimum Gasteiger partial charge on any atom is -0.463 e. The van der Waals surface area contributed by atoms with Gasteiger partial charge in [0, 0.05) is 11.8 Å². The average Bonchev–Trinajstić information content (AvgIpc) is 2.80. The zero-order valence-electron chi connectivity index (χ0n) is 16.3. The number of aliphatic hydroxyl groups excluding tert-OH is 2. The monoisotopic (exact) mass is 390 g/mol. The second-order valence-corrected chi connectivity index (χ2v) is 7.02. The van der Waals surface area contributed by atoms with E-state index in [4.69, 9.17) is 9.84 Å².